The molecule has 0 fully saturated rings. The van der Waals surface area contributed by atoms with Crippen LogP contribution in [-0.4, -0.2) is 19.3 Å². The van der Waals surface area contributed by atoms with Crippen LogP contribution in [0.1, 0.15) is 15.9 Å². The SMILES string of the molecule is Cc1ccnc(NC(=O)c2ccc(NS(=O)(=O)c3cc(Cl)ccc3Cl)cc2)c1. The van der Waals surface area contributed by atoms with Gasteiger partial charge in [-0.1, -0.05) is 23.2 Å². The van der Waals surface area contributed by atoms with Gasteiger partial charge in [-0.15, -0.1) is 0 Å². The minimum atomic E-state index is -3.93. The number of hydrogen-bond donors (Lipinski definition) is 2. The molecule has 6 nitrogen and oxygen atoms in total. The second-order valence-electron chi connectivity index (χ2n) is 5.93. The van der Waals surface area contributed by atoms with E-state index in [4.69, 9.17) is 23.2 Å². The van der Waals surface area contributed by atoms with Crippen LogP contribution in [0.25, 0.3) is 0 Å². The topological polar surface area (TPSA) is 88.2 Å². The average molecular weight is 436 g/mol. The zero-order valence-corrected chi connectivity index (χ0v) is 16.9. The van der Waals surface area contributed by atoms with Gasteiger partial charge in [-0.25, -0.2) is 13.4 Å². The number of halogens is 2. The van der Waals surface area contributed by atoms with Gasteiger partial charge in [0.05, 0.1) is 5.02 Å². The summed E-state index contributed by atoms with van der Waals surface area (Å²) >= 11 is 11.8. The first kappa shape index (κ1) is 20.1. The molecule has 0 bridgehead atoms. The van der Waals surface area contributed by atoms with Crippen molar-refractivity contribution in [1.29, 1.82) is 0 Å². The Hall–Kier alpha value is -2.61. The molecule has 0 radical (unpaired) electrons. The molecule has 9 heteroatoms. The van der Waals surface area contributed by atoms with Crippen molar-refractivity contribution in [2.75, 3.05) is 10.0 Å². The van der Waals surface area contributed by atoms with Crippen LogP contribution in [0.3, 0.4) is 0 Å². The zero-order chi connectivity index (χ0) is 20.3. The van der Waals surface area contributed by atoms with E-state index < -0.39 is 10.0 Å². The monoisotopic (exact) mass is 435 g/mol. The Morgan fingerprint density at radius 1 is 1.00 bits per heavy atom. The number of benzene rings is 2. The molecule has 1 amide bonds. The van der Waals surface area contributed by atoms with Gasteiger partial charge in [0.15, 0.2) is 0 Å². The number of carbonyl (C=O) groups is 1. The molecule has 28 heavy (non-hydrogen) atoms. The number of anilines is 2. The fraction of sp³-hybridized carbons (Fsp3) is 0.0526. The summed E-state index contributed by atoms with van der Waals surface area (Å²) in [6, 6.07) is 13.7. The van der Waals surface area contributed by atoms with Crippen molar-refractivity contribution in [3.05, 3.63) is 82.0 Å². The molecular formula is C19H15Cl2N3O3S. The van der Waals surface area contributed by atoms with E-state index in [1.54, 1.807) is 12.3 Å². The van der Waals surface area contributed by atoms with E-state index >= 15 is 0 Å². The maximum atomic E-state index is 12.5. The summed E-state index contributed by atoms with van der Waals surface area (Å²) < 4.78 is 27.5. The lowest BCUT2D eigenvalue weighted by Crippen LogP contribution is -2.15. The van der Waals surface area contributed by atoms with Gasteiger partial charge < -0.3 is 5.32 Å². The fourth-order valence-electron chi connectivity index (χ4n) is 2.38. The smallest absolute Gasteiger partial charge is 0.263 e. The lowest BCUT2D eigenvalue weighted by molar-refractivity contribution is 0.102. The molecule has 3 rings (SSSR count). The van der Waals surface area contributed by atoms with Crippen LogP contribution in [0.15, 0.2) is 65.7 Å². The maximum Gasteiger partial charge on any atom is 0.263 e. The van der Waals surface area contributed by atoms with Crippen molar-refractivity contribution < 1.29 is 13.2 Å². The Morgan fingerprint density at radius 3 is 2.39 bits per heavy atom. The van der Waals surface area contributed by atoms with Crippen LogP contribution >= 0.6 is 23.2 Å². The highest BCUT2D eigenvalue weighted by Gasteiger charge is 2.19. The summed E-state index contributed by atoms with van der Waals surface area (Å²) in [4.78, 5) is 16.2. The predicted octanol–water partition coefficient (Wildman–Crippen LogP) is 4.75. The van der Waals surface area contributed by atoms with Gasteiger partial charge in [0.25, 0.3) is 15.9 Å². The van der Waals surface area contributed by atoms with Crippen molar-refractivity contribution in [3.8, 4) is 0 Å². The van der Waals surface area contributed by atoms with Crippen molar-refractivity contribution >= 4 is 50.6 Å². The van der Waals surface area contributed by atoms with Gasteiger partial charge in [0.2, 0.25) is 0 Å². The molecule has 2 N–H and O–H groups in total. The Bertz CT molecular complexity index is 1130. The number of aryl methyl sites for hydroxylation is 1. The van der Waals surface area contributed by atoms with E-state index in [9.17, 15) is 13.2 Å². The summed E-state index contributed by atoms with van der Waals surface area (Å²) in [7, 11) is -3.93. The third-order valence-corrected chi connectivity index (χ3v) is 5.84. The molecule has 0 aliphatic heterocycles. The van der Waals surface area contributed by atoms with Crippen molar-refractivity contribution in [1.82, 2.24) is 4.98 Å². The number of amides is 1. The van der Waals surface area contributed by atoms with Gasteiger partial charge in [-0.2, -0.15) is 0 Å². The largest absolute Gasteiger partial charge is 0.307 e. The molecule has 3 aromatic rings. The van der Waals surface area contributed by atoms with E-state index in [0.29, 0.717) is 11.4 Å². The highest BCUT2D eigenvalue weighted by atomic mass is 35.5. The molecule has 0 aliphatic rings. The van der Waals surface area contributed by atoms with E-state index in [1.165, 1.54) is 42.5 Å². The average Bonchev–Trinajstić information content (AvgIpc) is 2.64. The van der Waals surface area contributed by atoms with Crippen LogP contribution in [-0.2, 0) is 10.0 Å². The lowest BCUT2D eigenvalue weighted by Gasteiger charge is -2.10. The first-order valence-corrected chi connectivity index (χ1v) is 10.3. The first-order chi connectivity index (χ1) is 13.2. The third kappa shape index (κ3) is 4.81. The Kier molecular flexibility index (Phi) is 5.88. The summed E-state index contributed by atoms with van der Waals surface area (Å²) in [5, 5.41) is 2.99. The van der Waals surface area contributed by atoms with E-state index in [2.05, 4.69) is 15.0 Å². The van der Waals surface area contributed by atoms with Gasteiger partial charge in [0.1, 0.15) is 10.7 Å². The Balaban J connectivity index is 1.75. The van der Waals surface area contributed by atoms with E-state index in [0.717, 1.165) is 5.56 Å². The standard InChI is InChI=1S/C19H15Cl2N3O3S/c1-12-8-9-22-18(10-12)23-19(25)13-2-5-15(6-3-13)24-28(26,27)17-11-14(20)4-7-16(17)21/h2-11,24H,1H3,(H,22,23,25). The quantitative estimate of drug-likeness (QED) is 0.604. The fourth-order valence-corrected chi connectivity index (χ4v) is 4.20. The maximum absolute atomic E-state index is 12.5. The summed E-state index contributed by atoms with van der Waals surface area (Å²) in [5.41, 5.74) is 1.60. The van der Waals surface area contributed by atoms with E-state index in [-0.39, 0.29) is 26.5 Å². The van der Waals surface area contributed by atoms with Crippen LogP contribution in [0.4, 0.5) is 11.5 Å². The zero-order valence-electron chi connectivity index (χ0n) is 14.6. The van der Waals surface area contributed by atoms with Gasteiger partial charge in [-0.3, -0.25) is 9.52 Å². The highest BCUT2D eigenvalue weighted by molar-refractivity contribution is 7.92. The van der Waals surface area contributed by atoms with Crippen LogP contribution in [0, 0.1) is 6.92 Å². The summed E-state index contributed by atoms with van der Waals surface area (Å²) in [6.07, 6.45) is 1.60. The number of carbonyl (C=O) groups excluding carboxylic acids is 1. The second kappa shape index (κ2) is 8.18. The lowest BCUT2D eigenvalue weighted by atomic mass is 10.2. The van der Waals surface area contributed by atoms with Crippen molar-refractivity contribution in [2.24, 2.45) is 0 Å². The van der Waals surface area contributed by atoms with Crippen LogP contribution in [0.5, 0.6) is 0 Å². The van der Waals surface area contributed by atoms with Crippen molar-refractivity contribution in [3.63, 3.8) is 0 Å². The number of hydrogen-bond acceptors (Lipinski definition) is 4. The summed E-state index contributed by atoms with van der Waals surface area (Å²) in [5.74, 6) is 0.0794. The third-order valence-electron chi connectivity index (χ3n) is 3.74. The minimum Gasteiger partial charge on any atom is -0.307 e. The molecule has 0 spiro atoms. The molecule has 0 saturated heterocycles. The second-order valence-corrected chi connectivity index (χ2v) is 8.42. The van der Waals surface area contributed by atoms with Gasteiger partial charge in [0, 0.05) is 22.5 Å². The van der Waals surface area contributed by atoms with Gasteiger partial charge in [-0.05, 0) is 67.1 Å². The summed E-state index contributed by atoms with van der Waals surface area (Å²) in [6.45, 7) is 1.89. The highest BCUT2D eigenvalue weighted by Crippen LogP contribution is 2.27. The Labute approximate surface area is 172 Å². The Morgan fingerprint density at radius 2 is 1.71 bits per heavy atom. The number of nitrogens with one attached hydrogen (secondary N) is 2. The molecule has 1 aromatic heterocycles. The normalized spacial score (nSPS) is 11.1. The molecule has 144 valence electrons. The predicted molar refractivity (Wildman–Crippen MR) is 111 cm³/mol. The minimum absolute atomic E-state index is 0.0542. The molecule has 0 unspecified atom stereocenters. The number of nitrogens with zero attached hydrogens (tertiary/aromatic N) is 1. The molecule has 0 atom stereocenters. The molecule has 0 saturated carbocycles. The molecule has 1 heterocycles. The molecular weight excluding hydrogens is 421 g/mol. The molecule has 2 aromatic carbocycles. The number of sulfonamides is 1. The van der Waals surface area contributed by atoms with Gasteiger partial charge >= 0.3 is 0 Å². The first-order valence-electron chi connectivity index (χ1n) is 8.06. The van der Waals surface area contributed by atoms with Crippen molar-refractivity contribution in [2.45, 2.75) is 11.8 Å². The van der Waals surface area contributed by atoms with Crippen LogP contribution < -0.4 is 10.0 Å². The van der Waals surface area contributed by atoms with Crippen LogP contribution in [0.2, 0.25) is 10.0 Å². The van der Waals surface area contributed by atoms with E-state index in [1.807, 2.05) is 13.0 Å². The molecule has 0 aliphatic carbocycles. The number of aromatic nitrogens is 1. The number of rotatable bonds is 5. The number of pyridine rings is 1.